The fourth-order valence-corrected chi connectivity index (χ4v) is 4.96. The van der Waals surface area contributed by atoms with Gasteiger partial charge in [0.05, 0.1) is 17.8 Å². The van der Waals surface area contributed by atoms with Crippen LogP contribution in [0.25, 0.3) is 11.4 Å². The standard InChI is InChI=1S/C27H28N8O2/c1-35-13-8-27(9-14-35,26-31-24(33-34-26)18-5-10-28-11-6-18)32-20-4-2-3-19(15-20)25(36)30-22-17-37-23-16-29-12-7-21(22)23/h2-7,10-12,15-16,22,32H,8-9,13-14,17H2,1H3,(H,30,36)(H,31,33,34)/t22-/m0/s1. The number of aromatic amines is 1. The summed E-state index contributed by atoms with van der Waals surface area (Å²) in [4.78, 5) is 28.5. The molecule has 188 valence electrons. The number of hydrogen-bond acceptors (Lipinski definition) is 8. The molecule has 37 heavy (non-hydrogen) atoms. The monoisotopic (exact) mass is 496 g/mol. The molecule has 5 heterocycles. The fourth-order valence-electron chi connectivity index (χ4n) is 4.96. The number of ether oxygens (including phenoxy) is 1. The number of piperidine rings is 1. The number of H-pyrrole nitrogens is 1. The second kappa shape index (κ2) is 9.62. The van der Waals surface area contributed by atoms with Gasteiger partial charge >= 0.3 is 0 Å². The minimum absolute atomic E-state index is 0.154. The summed E-state index contributed by atoms with van der Waals surface area (Å²) >= 11 is 0. The van der Waals surface area contributed by atoms with Crippen LogP contribution >= 0.6 is 0 Å². The first-order valence-electron chi connectivity index (χ1n) is 12.4. The molecule has 0 bridgehead atoms. The van der Waals surface area contributed by atoms with E-state index in [2.05, 4.69) is 42.7 Å². The first kappa shape index (κ1) is 23.1. The minimum atomic E-state index is -0.439. The van der Waals surface area contributed by atoms with E-state index < -0.39 is 5.54 Å². The van der Waals surface area contributed by atoms with Gasteiger partial charge in [-0.2, -0.15) is 5.10 Å². The molecule has 1 amide bonds. The van der Waals surface area contributed by atoms with Gasteiger partial charge in [-0.1, -0.05) is 6.07 Å². The molecular formula is C27H28N8O2. The van der Waals surface area contributed by atoms with Gasteiger partial charge in [0.1, 0.15) is 12.4 Å². The maximum Gasteiger partial charge on any atom is 0.251 e. The third-order valence-corrected chi connectivity index (χ3v) is 7.13. The van der Waals surface area contributed by atoms with Gasteiger partial charge in [0.2, 0.25) is 0 Å². The predicted molar refractivity (Wildman–Crippen MR) is 138 cm³/mol. The number of aromatic nitrogens is 5. The highest BCUT2D eigenvalue weighted by Crippen LogP contribution is 2.36. The number of carbonyl (C=O) groups is 1. The highest BCUT2D eigenvalue weighted by Gasteiger charge is 2.39. The number of pyridine rings is 2. The van der Waals surface area contributed by atoms with Crippen molar-refractivity contribution in [3.63, 3.8) is 0 Å². The minimum Gasteiger partial charge on any atom is -0.489 e. The molecule has 0 unspecified atom stereocenters. The largest absolute Gasteiger partial charge is 0.489 e. The molecule has 3 N–H and O–H groups in total. The van der Waals surface area contributed by atoms with E-state index in [0.717, 1.165) is 48.6 Å². The van der Waals surface area contributed by atoms with E-state index in [-0.39, 0.29) is 11.9 Å². The van der Waals surface area contributed by atoms with Gasteiger partial charge in [-0.25, -0.2) is 4.98 Å². The first-order chi connectivity index (χ1) is 18.1. The van der Waals surface area contributed by atoms with Crippen molar-refractivity contribution < 1.29 is 9.53 Å². The summed E-state index contributed by atoms with van der Waals surface area (Å²) in [5, 5.41) is 14.5. The smallest absolute Gasteiger partial charge is 0.251 e. The number of nitrogens with one attached hydrogen (secondary N) is 3. The molecule has 10 nitrogen and oxygen atoms in total. The van der Waals surface area contributed by atoms with Crippen molar-refractivity contribution in [3.8, 4) is 17.1 Å². The molecule has 0 radical (unpaired) electrons. The quantitative estimate of drug-likeness (QED) is 0.372. The lowest BCUT2D eigenvalue weighted by molar-refractivity contribution is 0.0930. The number of rotatable bonds is 6. The summed E-state index contributed by atoms with van der Waals surface area (Å²) in [5.74, 6) is 1.99. The predicted octanol–water partition coefficient (Wildman–Crippen LogP) is 3.16. The Bertz CT molecular complexity index is 1400. The van der Waals surface area contributed by atoms with Crippen LogP contribution in [0.3, 0.4) is 0 Å². The molecule has 1 saturated heterocycles. The number of benzene rings is 1. The molecule has 3 aromatic heterocycles. The van der Waals surface area contributed by atoms with Crippen LogP contribution in [0.1, 0.15) is 40.6 Å². The van der Waals surface area contributed by atoms with Crippen LogP contribution in [-0.4, -0.2) is 62.7 Å². The van der Waals surface area contributed by atoms with Gasteiger partial charge in [0.25, 0.3) is 5.91 Å². The topological polar surface area (TPSA) is 121 Å². The lowest BCUT2D eigenvalue weighted by Crippen LogP contribution is -2.46. The third-order valence-electron chi connectivity index (χ3n) is 7.13. The molecule has 1 fully saturated rings. The summed E-state index contributed by atoms with van der Waals surface area (Å²) in [6.45, 7) is 2.22. The number of anilines is 1. The molecule has 0 saturated carbocycles. The van der Waals surface area contributed by atoms with Gasteiger partial charge in [0, 0.05) is 54.1 Å². The Morgan fingerprint density at radius 1 is 1.11 bits per heavy atom. The summed E-state index contributed by atoms with van der Waals surface area (Å²) in [5.41, 5.74) is 2.84. The molecule has 4 aromatic rings. The Labute approximate surface area is 214 Å². The second-order valence-electron chi connectivity index (χ2n) is 9.59. The van der Waals surface area contributed by atoms with Crippen LogP contribution in [0.4, 0.5) is 5.69 Å². The Balaban J connectivity index is 1.24. The van der Waals surface area contributed by atoms with E-state index in [9.17, 15) is 4.79 Å². The zero-order valence-corrected chi connectivity index (χ0v) is 20.5. The van der Waals surface area contributed by atoms with Crippen molar-refractivity contribution >= 4 is 11.6 Å². The van der Waals surface area contributed by atoms with E-state index in [1.165, 1.54) is 0 Å². The SMILES string of the molecule is CN1CCC(Nc2cccc(C(=O)N[C@H]3COc4cnccc43)c2)(c2nc(-c3ccncc3)n[nH]2)CC1. The molecule has 0 aliphatic carbocycles. The van der Waals surface area contributed by atoms with Gasteiger partial charge in [-0.15, -0.1) is 0 Å². The van der Waals surface area contributed by atoms with Crippen molar-refractivity contribution in [1.29, 1.82) is 0 Å². The third kappa shape index (κ3) is 4.63. The van der Waals surface area contributed by atoms with Crippen LogP contribution in [0.15, 0.2) is 67.3 Å². The van der Waals surface area contributed by atoms with E-state index in [0.29, 0.717) is 23.7 Å². The Morgan fingerprint density at radius 2 is 1.92 bits per heavy atom. The number of hydrogen-bond donors (Lipinski definition) is 3. The van der Waals surface area contributed by atoms with Crippen molar-refractivity contribution in [1.82, 2.24) is 35.4 Å². The first-order valence-corrected chi connectivity index (χ1v) is 12.4. The molecule has 0 spiro atoms. The Morgan fingerprint density at radius 3 is 2.76 bits per heavy atom. The van der Waals surface area contributed by atoms with Crippen LogP contribution in [0.5, 0.6) is 5.75 Å². The van der Waals surface area contributed by atoms with Crippen molar-refractivity contribution in [3.05, 3.63) is 84.2 Å². The lowest BCUT2D eigenvalue weighted by atomic mass is 9.86. The molecule has 2 aliphatic rings. The average Bonchev–Trinajstić information content (AvgIpc) is 3.59. The summed E-state index contributed by atoms with van der Waals surface area (Å²) < 4.78 is 5.66. The molecule has 2 aliphatic heterocycles. The highest BCUT2D eigenvalue weighted by atomic mass is 16.5. The van der Waals surface area contributed by atoms with Crippen LogP contribution in [0, 0.1) is 0 Å². The maximum absolute atomic E-state index is 13.2. The Hall–Kier alpha value is -4.31. The van der Waals surface area contributed by atoms with E-state index in [1.807, 2.05) is 42.5 Å². The molecule has 6 rings (SSSR count). The number of carbonyl (C=O) groups excluding carboxylic acids is 1. The van der Waals surface area contributed by atoms with Crippen molar-refractivity contribution in [2.24, 2.45) is 0 Å². The fraction of sp³-hybridized carbons (Fsp3) is 0.296. The number of amides is 1. The number of nitrogens with zero attached hydrogens (tertiary/aromatic N) is 5. The number of likely N-dealkylation sites (tertiary alicyclic amines) is 1. The van der Waals surface area contributed by atoms with Crippen LogP contribution in [0.2, 0.25) is 0 Å². The van der Waals surface area contributed by atoms with Gasteiger partial charge in [-0.05, 0) is 56.3 Å². The van der Waals surface area contributed by atoms with Gasteiger partial charge < -0.3 is 20.3 Å². The summed E-state index contributed by atoms with van der Waals surface area (Å²) in [7, 11) is 2.12. The van der Waals surface area contributed by atoms with E-state index >= 15 is 0 Å². The molecular weight excluding hydrogens is 468 g/mol. The normalized spacial score (nSPS) is 18.6. The van der Waals surface area contributed by atoms with Crippen molar-refractivity contribution in [2.75, 3.05) is 32.1 Å². The lowest BCUT2D eigenvalue weighted by Gasteiger charge is -2.40. The molecule has 10 heteroatoms. The molecule has 1 aromatic carbocycles. The summed E-state index contributed by atoms with van der Waals surface area (Å²) in [6, 6.07) is 13.1. The Kier molecular flexibility index (Phi) is 6.01. The number of fused-ring (bicyclic) bond motifs is 1. The van der Waals surface area contributed by atoms with Gasteiger partial charge in [0.15, 0.2) is 11.6 Å². The van der Waals surface area contributed by atoms with E-state index in [1.54, 1.807) is 24.8 Å². The zero-order chi connectivity index (χ0) is 25.2. The second-order valence-corrected chi connectivity index (χ2v) is 9.59. The molecule has 1 atom stereocenters. The van der Waals surface area contributed by atoms with Gasteiger partial charge in [-0.3, -0.25) is 19.9 Å². The zero-order valence-electron chi connectivity index (χ0n) is 20.5. The maximum atomic E-state index is 13.2. The van der Waals surface area contributed by atoms with Crippen LogP contribution in [-0.2, 0) is 5.54 Å². The van der Waals surface area contributed by atoms with E-state index in [4.69, 9.17) is 9.72 Å². The average molecular weight is 497 g/mol. The highest BCUT2D eigenvalue weighted by molar-refractivity contribution is 5.95. The summed E-state index contributed by atoms with van der Waals surface area (Å²) in [6.07, 6.45) is 8.54. The van der Waals surface area contributed by atoms with Crippen LogP contribution < -0.4 is 15.4 Å². The van der Waals surface area contributed by atoms with Crippen molar-refractivity contribution in [2.45, 2.75) is 24.4 Å².